The number of anilines is 1. The number of carbonyl (C=O) groups excluding carboxylic acids is 1. The Morgan fingerprint density at radius 2 is 1.55 bits per heavy atom. The predicted octanol–water partition coefficient (Wildman–Crippen LogP) is 1.17. The minimum absolute atomic E-state index is 0.182. The van der Waals surface area contributed by atoms with Gasteiger partial charge in [0.15, 0.2) is 0 Å². The Kier molecular flexibility index (Phi) is 7.80. The number of amides is 1. The first-order valence-corrected chi connectivity index (χ1v) is 12.5. The second kappa shape index (κ2) is 9.52. The topological polar surface area (TPSA) is 107 Å². The van der Waals surface area contributed by atoms with E-state index in [9.17, 15) is 21.6 Å². The number of nitrogens with zero attached hydrogens (tertiary/aromatic N) is 3. The minimum atomic E-state index is -3.54. The van der Waals surface area contributed by atoms with Gasteiger partial charge in [0.2, 0.25) is 15.9 Å². The van der Waals surface area contributed by atoms with Crippen LogP contribution >= 0.6 is 0 Å². The molecular formula is C18H30N4O5S2. The largest absolute Gasteiger partial charge is 0.326 e. The highest BCUT2D eigenvalue weighted by Crippen LogP contribution is 2.23. The molecule has 1 aromatic rings. The van der Waals surface area contributed by atoms with E-state index in [-0.39, 0.29) is 16.7 Å². The van der Waals surface area contributed by atoms with Crippen molar-refractivity contribution < 1.29 is 21.6 Å². The first-order chi connectivity index (χ1) is 13.5. The summed E-state index contributed by atoms with van der Waals surface area (Å²) < 4.78 is 53.3. The van der Waals surface area contributed by atoms with Crippen LogP contribution in [-0.4, -0.2) is 75.9 Å². The fourth-order valence-electron chi connectivity index (χ4n) is 3.25. The molecule has 29 heavy (non-hydrogen) atoms. The van der Waals surface area contributed by atoms with Gasteiger partial charge in [-0.3, -0.25) is 4.79 Å². The summed E-state index contributed by atoms with van der Waals surface area (Å²) in [6.07, 6.45) is 0.876. The Bertz CT molecular complexity index is 902. The van der Waals surface area contributed by atoms with Gasteiger partial charge in [0.05, 0.1) is 4.90 Å². The smallest absolute Gasteiger partial charge is 0.281 e. The summed E-state index contributed by atoms with van der Waals surface area (Å²) in [4.78, 5) is 12.7. The second-order valence-electron chi connectivity index (χ2n) is 7.07. The van der Waals surface area contributed by atoms with Crippen LogP contribution in [-0.2, 0) is 25.0 Å². The molecule has 0 unspecified atom stereocenters. The molecule has 0 aliphatic carbocycles. The van der Waals surface area contributed by atoms with Crippen LogP contribution in [0.4, 0.5) is 5.69 Å². The third kappa shape index (κ3) is 5.34. The van der Waals surface area contributed by atoms with Crippen LogP contribution < -0.4 is 5.32 Å². The fourth-order valence-corrected chi connectivity index (χ4v) is 5.84. The molecular weight excluding hydrogens is 416 g/mol. The van der Waals surface area contributed by atoms with Crippen molar-refractivity contribution in [1.82, 2.24) is 12.9 Å². The average molecular weight is 447 g/mol. The molecule has 1 N–H and O–H groups in total. The lowest BCUT2D eigenvalue weighted by atomic mass is 9.97. The SMILES string of the molecule is CCN(CC)S(=O)(=O)c1ccc(NC(=O)C2CCN(S(=O)(=O)N(C)C)CC2)cc1. The van der Waals surface area contributed by atoms with Crippen molar-refractivity contribution in [3.63, 3.8) is 0 Å². The number of nitrogens with one attached hydrogen (secondary N) is 1. The summed E-state index contributed by atoms with van der Waals surface area (Å²) >= 11 is 0. The van der Waals surface area contributed by atoms with Crippen LogP contribution in [0.25, 0.3) is 0 Å². The molecule has 0 radical (unpaired) electrons. The first kappa shape index (κ1) is 23.7. The Labute approximate surface area is 173 Å². The molecule has 0 atom stereocenters. The van der Waals surface area contributed by atoms with Gasteiger partial charge in [0.25, 0.3) is 10.2 Å². The lowest BCUT2D eigenvalue weighted by Gasteiger charge is -2.32. The average Bonchev–Trinajstić information content (AvgIpc) is 2.69. The van der Waals surface area contributed by atoms with Crippen molar-refractivity contribution in [3.8, 4) is 0 Å². The highest BCUT2D eigenvalue weighted by Gasteiger charge is 2.32. The van der Waals surface area contributed by atoms with Crippen molar-refractivity contribution in [1.29, 1.82) is 0 Å². The maximum Gasteiger partial charge on any atom is 0.281 e. The quantitative estimate of drug-likeness (QED) is 0.645. The molecule has 1 aliphatic heterocycles. The summed E-state index contributed by atoms with van der Waals surface area (Å²) in [5.74, 6) is -0.478. The van der Waals surface area contributed by atoms with Gasteiger partial charge in [-0.2, -0.15) is 21.3 Å². The fraction of sp³-hybridized carbons (Fsp3) is 0.611. The molecule has 0 saturated carbocycles. The molecule has 1 fully saturated rings. The van der Waals surface area contributed by atoms with E-state index in [1.165, 1.54) is 39.1 Å². The third-order valence-electron chi connectivity index (χ3n) is 5.08. The normalized spacial score (nSPS) is 17.0. The molecule has 1 aliphatic rings. The molecule has 1 saturated heterocycles. The van der Waals surface area contributed by atoms with Gasteiger partial charge in [0, 0.05) is 51.9 Å². The van der Waals surface area contributed by atoms with E-state index in [1.54, 1.807) is 26.0 Å². The molecule has 11 heteroatoms. The van der Waals surface area contributed by atoms with Gasteiger partial charge in [0.1, 0.15) is 0 Å². The Balaban J connectivity index is 1.99. The van der Waals surface area contributed by atoms with E-state index in [0.29, 0.717) is 44.7 Å². The summed E-state index contributed by atoms with van der Waals surface area (Å²) in [5.41, 5.74) is 0.511. The number of piperidine rings is 1. The highest BCUT2D eigenvalue weighted by atomic mass is 32.2. The number of carbonyl (C=O) groups is 1. The van der Waals surface area contributed by atoms with Gasteiger partial charge < -0.3 is 5.32 Å². The minimum Gasteiger partial charge on any atom is -0.326 e. The third-order valence-corrected chi connectivity index (χ3v) is 9.08. The van der Waals surface area contributed by atoms with E-state index in [4.69, 9.17) is 0 Å². The van der Waals surface area contributed by atoms with E-state index >= 15 is 0 Å². The molecule has 1 aromatic carbocycles. The van der Waals surface area contributed by atoms with Gasteiger partial charge in [-0.1, -0.05) is 13.8 Å². The second-order valence-corrected chi connectivity index (χ2v) is 11.1. The highest BCUT2D eigenvalue weighted by molar-refractivity contribution is 7.89. The maximum absolute atomic E-state index is 12.5. The van der Waals surface area contributed by atoms with E-state index in [1.807, 2.05) is 0 Å². The number of hydrogen-bond donors (Lipinski definition) is 1. The van der Waals surface area contributed by atoms with Crippen LogP contribution in [0.2, 0.25) is 0 Å². The summed E-state index contributed by atoms with van der Waals surface area (Å²) in [6.45, 7) is 4.92. The molecule has 164 valence electrons. The molecule has 0 bridgehead atoms. The van der Waals surface area contributed by atoms with Crippen LogP contribution in [0.5, 0.6) is 0 Å². The number of hydrogen-bond acceptors (Lipinski definition) is 5. The van der Waals surface area contributed by atoms with Crippen LogP contribution in [0.3, 0.4) is 0 Å². The van der Waals surface area contributed by atoms with Gasteiger partial charge >= 0.3 is 0 Å². The van der Waals surface area contributed by atoms with Crippen molar-refractivity contribution in [2.75, 3.05) is 45.6 Å². The zero-order chi connectivity index (χ0) is 21.8. The van der Waals surface area contributed by atoms with Crippen molar-refractivity contribution in [2.45, 2.75) is 31.6 Å². The summed E-state index contributed by atoms with van der Waals surface area (Å²) in [6, 6.07) is 6.10. The molecule has 1 heterocycles. The summed E-state index contributed by atoms with van der Waals surface area (Å²) in [7, 11) is -4.04. The molecule has 1 amide bonds. The monoisotopic (exact) mass is 446 g/mol. The van der Waals surface area contributed by atoms with Crippen molar-refractivity contribution in [3.05, 3.63) is 24.3 Å². The van der Waals surface area contributed by atoms with E-state index < -0.39 is 20.2 Å². The zero-order valence-corrected chi connectivity index (χ0v) is 19.0. The van der Waals surface area contributed by atoms with Crippen molar-refractivity contribution >= 4 is 31.8 Å². The van der Waals surface area contributed by atoms with Crippen LogP contribution in [0.15, 0.2) is 29.2 Å². The van der Waals surface area contributed by atoms with E-state index in [0.717, 1.165) is 0 Å². The van der Waals surface area contributed by atoms with Gasteiger partial charge in [-0.25, -0.2) is 8.42 Å². The molecule has 0 spiro atoms. The standard InChI is InChI=1S/C18H30N4O5S2/c1-5-21(6-2)28(24,25)17-9-7-16(8-10-17)19-18(23)15-11-13-22(14-12-15)29(26,27)20(3)4/h7-10,15H,5-6,11-14H2,1-4H3,(H,19,23). The Hall–Kier alpha value is -1.53. The van der Waals surface area contributed by atoms with Crippen molar-refractivity contribution in [2.24, 2.45) is 5.92 Å². The summed E-state index contributed by atoms with van der Waals surface area (Å²) in [5, 5.41) is 2.80. The predicted molar refractivity (Wildman–Crippen MR) is 112 cm³/mol. The van der Waals surface area contributed by atoms with Gasteiger partial charge in [-0.05, 0) is 37.1 Å². The zero-order valence-electron chi connectivity index (χ0n) is 17.3. The number of sulfonamides is 1. The molecule has 2 rings (SSSR count). The lowest BCUT2D eigenvalue weighted by molar-refractivity contribution is -0.120. The van der Waals surface area contributed by atoms with Crippen LogP contribution in [0, 0.1) is 5.92 Å². The first-order valence-electron chi connectivity index (χ1n) is 9.62. The Morgan fingerprint density at radius 3 is 2.00 bits per heavy atom. The van der Waals surface area contributed by atoms with Crippen LogP contribution in [0.1, 0.15) is 26.7 Å². The van der Waals surface area contributed by atoms with Gasteiger partial charge in [-0.15, -0.1) is 0 Å². The number of benzene rings is 1. The number of rotatable bonds is 8. The maximum atomic E-state index is 12.5. The Morgan fingerprint density at radius 1 is 1.03 bits per heavy atom. The lowest BCUT2D eigenvalue weighted by Crippen LogP contribution is -2.46. The van der Waals surface area contributed by atoms with E-state index in [2.05, 4.69) is 5.32 Å². The molecule has 9 nitrogen and oxygen atoms in total. The molecule has 0 aromatic heterocycles.